The normalized spacial score (nSPS) is 10.3. The molecule has 0 aliphatic carbocycles. The van der Waals surface area contributed by atoms with Crippen LogP contribution in [-0.2, 0) is 0 Å². The fourth-order valence-electron chi connectivity index (χ4n) is 0.543. The Kier molecular flexibility index (Phi) is 7.05. The molecule has 0 bridgehead atoms. The number of rotatable bonds is 5. The lowest BCUT2D eigenvalue weighted by Crippen LogP contribution is -1.68. The number of hydrogen-bond donors (Lipinski definition) is 0. The van der Waals surface area contributed by atoms with Crippen molar-refractivity contribution in [2.45, 2.75) is 26.2 Å². The van der Waals surface area contributed by atoms with Crippen molar-refractivity contribution < 1.29 is 0 Å². The third-order valence-electron chi connectivity index (χ3n) is 1.05. The smallest absolute Gasteiger partial charge is 0.0167 e. The van der Waals surface area contributed by atoms with Crippen LogP contribution in [0.2, 0.25) is 0 Å². The van der Waals surface area contributed by atoms with Crippen LogP contribution in [0, 0.1) is 6.42 Å². The van der Waals surface area contributed by atoms with Crippen molar-refractivity contribution in [3.8, 4) is 0 Å². The molecule has 0 fully saturated rings. The summed E-state index contributed by atoms with van der Waals surface area (Å²) in [5, 5.41) is 0. The van der Waals surface area contributed by atoms with E-state index in [-0.39, 0.29) is 0 Å². The molecular weight excluding hydrogens is 108 g/mol. The molecule has 9 heavy (non-hydrogen) atoms. The molecule has 51 valence electrons. The van der Waals surface area contributed by atoms with Gasteiger partial charge in [0, 0.05) is 0 Å². The Bertz CT molecular complexity index is 80.0. The molecule has 0 saturated heterocycles. The van der Waals surface area contributed by atoms with Gasteiger partial charge in [0.2, 0.25) is 0 Å². The first-order chi connectivity index (χ1) is 4.41. The first-order valence-electron chi connectivity index (χ1n) is 3.51. The zero-order chi connectivity index (χ0) is 6.95. The van der Waals surface area contributed by atoms with E-state index in [9.17, 15) is 0 Å². The van der Waals surface area contributed by atoms with Crippen LogP contribution in [0.5, 0.6) is 0 Å². The van der Waals surface area contributed by atoms with Crippen molar-refractivity contribution in [1.29, 1.82) is 0 Å². The summed E-state index contributed by atoms with van der Waals surface area (Å²) in [7, 11) is 0. The fraction of sp³-hybridized carbons (Fsp3) is 0.444. The van der Waals surface area contributed by atoms with Gasteiger partial charge in [-0.05, 0) is 25.7 Å². The zero-order valence-corrected chi connectivity index (χ0v) is 6.14. The van der Waals surface area contributed by atoms with E-state index in [0.717, 1.165) is 19.3 Å². The van der Waals surface area contributed by atoms with Crippen LogP contribution in [0.15, 0.2) is 24.8 Å². The summed E-state index contributed by atoms with van der Waals surface area (Å²) in [5.74, 6) is 0. The molecule has 0 rings (SSSR count). The third-order valence-corrected chi connectivity index (χ3v) is 1.05. The van der Waals surface area contributed by atoms with Gasteiger partial charge in [-0.1, -0.05) is 25.2 Å². The summed E-state index contributed by atoms with van der Waals surface area (Å²) >= 11 is 0. The van der Waals surface area contributed by atoms with E-state index < -0.39 is 0 Å². The highest BCUT2D eigenvalue weighted by atomic mass is 13.8. The van der Waals surface area contributed by atoms with Crippen molar-refractivity contribution in [1.82, 2.24) is 0 Å². The second-order valence-corrected chi connectivity index (χ2v) is 1.94. The van der Waals surface area contributed by atoms with E-state index in [0.29, 0.717) is 0 Å². The Labute approximate surface area is 58.3 Å². The predicted molar refractivity (Wildman–Crippen MR) is 43.2 cm³/mol. The SMILES string of the molecule is C=CCC[CH]C=CCC. The lowest BCUT2D eigenvalue weighted by molar-refractivity contribution is 1.00. The predicted octanol–water partition coefficient (Wildman–Crippen LogP) is 3.12. The second-order valence-electron chi connectivity index (χ2n) is 1.94. The quantitative estimate of drug-likeness (QED) is 0.389. The molecule has 0 N–H and O–H groups in total. The molecule has 0 aromatic carbocycles. The summed E-state index contributed by atoms with van der Waals surface area (Å²) in [4.78, 5) is 0. The van der Waals surface area contributed by atoms with Crippen LogP contribution in [0.3, 0.4) is 0 Å². The highest BCUT2D eigenvalue weighted by molar-refractivity contribution is 4.94. The minimum atomic E-state index is 1.09. The minimum Gasteiger partial charge on any atom is -0.103 e. The van der Waals surface area contributed by atoms with Gasteiger partial charge in [0.1, 0.15) is 0 Å². The Morgan fingerprint density at radius 3 is 2.67 bits per heavy atom. The van der Waals surface area contributed by atoms with Gasteiger partial charge in [-0.3, -0.25) is 0 Å². The van der Waals surface area contributed by atoms with Gasteiger partial charge in [-0.2, -0.15) is 0 Å². The summed E-state index contributed by atoms with van der Waals surface area (Å²) in [6.45, 7) is 5.77. The first-order valence-corrected chi connectivity index (χ1v) is 3.51. The van der Waals surface area contributed by atoms with Gasteiger partial charge < -0.3 is 0 Å². The van der Waals surface area contributed by atoms with E-state index in [2.05, 4.69) is 32.1 Å². The standard InChI is InChI=1S/C9H15/c1-3-5-7-9-8-6-4-2/h3,6,8-9H,1,4-5,7H2,2H3. The van der Waals surface area contributed by atoms with Crippen molar-refractivity contribution in [2.24, 2.45) is 0 Å². The van der Waals surface area contributed by atoms with Crippen LogP contribution in [-0.4, -0.2) is 0 Å². The average Bonchev–Trinajstić information content (AvgIpc) is 1.89. The molecule has 0 saturated carbocycles. The van der Waals surface area contributed by atoms with Crippen LogP contribution in [0.1, 0.15) is 26.2 Å². The van der Waals surface area contributed by atoms with E-state index >= 15 is 0 Å². The fourth-order valence-corrected chi connectivity index (χ4v) is 0.543. The molecule has 0 nitrogen and oxygen atoms in total. The molecule has 0 unspecified atom stereocenters. The van der Waals surface area contributed by atoms with Gasteiger partial charge >= 0.3 is 0 Å². The highest BCUT2D eigenvalue weighted by Gasteiger charge is 1.77. The van der Waals surface area contributed by atoms with E-state index in [4.69, 9.17) is 0 Å². The third kappa shape index (κ3) is 7.48. The topological polar surface area (TPSA) is 0 Å². The van der Waals surface area contributed by atoms with Gasteiger partial charge in [0.05, 0.1) is 0 Å². The molecule has 0 spiro atoms. The molecule has 0 aliphatic rings. The number of hydrogen-bond acceptors (Lipinski definition) is 0. The van der Waals surface area contributed by atoms with E-state index in [1.54, 1.807) is 0 Å². The molecule has 0 atom stereocenters. The van der Waals surface area contributed by atoms with E-state index in [1.807, 2.05) is 6.08 Å². The summed E-state index contributed by atoms with van der Waals surface area (Å²) in [6.07, 6.45) is 11.7. The lowest BCUT2D eigenvalue weighted by Gasteiger charge is -1.86. The monoisotopic (exact) mass is 123 g/mol. The molecule has 0 aliphatic heterocycles. The highest BCUT2D eigenvalue weighted by Crippen LogP contribution is 1.95. The maximum absolute atomic E-state index is 3.63. The van der Waals surface area contributed by atoms with Crippen molar-refractivity contribution in [3.05, 3.63) is 31.2 Å². The molecule has 0 amide bonds. The minimum absolute atomic E-state index is 1.09. The maximum atomic E-state index is 3.63. The molecular formula is C9H15. The molecule has 0 heteroatoms. The van der Waals surface area contributed by atoms with Crippen LogP contribution >= 0.6 is 0 Å². The molecule has 0 aromatic rings. The van der Waals surface area contributed by atoms with Crippen molar-refractivity contribution in [3.63, 3.8) is 0 Å². The van der Waals surface area contributed by atoms with E-state index in [1.165, 1.54) is 0 Å². The Morgan fingerprint density at radius 2 is 2.11 bits per heavy atom. The van der Waals surface area contributed by atoms with Crippen molar-refractivity contribution in [2.75, 3.05) is 0 Å². The summed E-state index contributed by atoms with van der Waals surface area (Å²) in [6, 6.07) is 0. The van der Waals surface area contributed by atoms with Crippen molar-refractivity contribution >= 4 is 0 Å². The van der Waals surface area contributed by atoms with Gasteiger partial charge in [0.15, 0.2) is 0 Å². The Hall–Kier alpha value is -0.520. The number of unbranched alkanes of at least 4 members (excludes halogenated alkanes) is 2. The summed E-state index contributed by atoms with van der Waals surface area (Å²) in [5.41, 5.74) is 0. The second kappa shape index (κ2) is 7.48. The van der Waals surface area contributed by atoms with Crippen LogP contribution in [0.25, 0.3) is 0 Å². The van der Waals surface area contributed by atoms with Gasteiger partial charge in [-0.15, -0.1) is 6.58 Å². The van der Waals surface area contributed by atoms with Gasteiger partial charge in [0.25, 0.3) is 0 Å². The van der Waals surface area contributed by atoms with Crippen LogP contribution in [0.4, 0.5) is 0 Å². The summed E-state index contributed by atoms with van der Waals surface area (Å²) < 4.78 is 0. The first kappa shape index (κ1) is 8.48. The number of allylic oxidation sites excluding steroid dienone is 3. The molecule has 0 heterocycles. The zero-order valence-electron chi connectivity index (χ0n) is 6.14. The Morgan fingerprint density at radius 1 is 1.33 bits per heavy atom. The maximum Gasteiger partial charge on any atom is -0.0167 e. The van der Waals surface area contributed by atoms with Gasteiger partial charge in [-0.25, -0.2) is 0 Å². The molecule has 1 radical (unpaired) electrons. The average molecular weight is 123 g/mol. The lowest BCUT2D eigenvalue weighted by atomic mass is 10.2. The van der Waals surface area contributed by atoms with Crippen LogP contribution < -0.4 is 0 Å². The molecule has 0 aromatic heterocycles. The largest absolute Gasteiger partial charge is 0.103 e. The Balaban J connectivity index is 2.90.